The van der Waals surface area contributed by atoms with Crippen molar-refractivity contribution in [2.24, 2.45) is 5.41 Å². The average molecular weight is 264 g/mol. The summed E-state index contributed by atoms with van der Waals surface area (Å²) in [6.07, 6.45) is 0.470. The molecule has 1 saturated carbocycles. The first kappa shape index (κ1) is 14.0. The first-order valence-electron chi connectivity index (χ1n) is 6.48. The molecule has 5 heteroatoms. The van der Waals surface area contributed by atoms with Crippen LogP contribution in [0.1, 0.15) is 31.4 Å². The van der Waals surface area contributed by atoms with Crippen molar-refractivity contribution in [2.45, 2.75) is 45.9 Å². The van der Waals surface area contributed by atoms with Crippen molar-refractivity contribution in [1.82, 2.24) is 5.32 Å². The van der Waals surface area contributed by atoms with Crippen LogP contribution in [0.25, 0.3) is 0 Å². The standard InChI is InChI=1S/C14H20N2O3/c1-9-10(5-4-6-11(9)16(18)19)8-15-12-7-13(17)14(12,2)3/h4-6,12-13,15,17H,7-8H2,1-3H3. The Morgan fingerprint density at radius 2 is 2.21 bits per heavy atom. The summed E-state index contributed by atoms with van der Waals surface area (Å²) in [6, 6.07) is 5.39. The Hall–Kier alpha value is -1.46. The summed E-state index contributed by atoms with van der Waals surface area (Å²) in [5, 5.41) is 23.9. The van der Waals surface area contributed by atoms with Gasteiger partial charge in [-0.05, 0) is 18.9 Å². The third-order valence-electron chi connectivity index (χ3n) is 4.37. The molecular weight excluding hydrogens is 244 g/mol. The average Bonchev–Trinajstić information content (AvgIpc) is 2.35. The summed E-state index contributed by atoms with van der Waals surface area (Å²) < 4.78 is 0. The highest BCUT2D eigenvalue weighted by Gasteiger charge is 2.46. The van der Waals surface area contributed by atoms with Crippen LogP contribution in [0, 0.1) is 22.5 Å². The molecule has 5 nitrogen and oxygen atoms in total. The number of hydrogen-bond donors (Lipinski definition) is 2. The molecule has 2 N–H and O–H groups in total. The molecule has 0 aromatic heterocycles. The summed E-state index contributed by atoms with van der Waals surface area (Å²) >= 11 is 0. The van der Waals surface area contributed by atoms with Crippen LogP contribution >= 0.6 is 0 Å². The summed E-state index contributed by atoms with van der Waals surface area (Å²) in [5.74, 6) is 0. The minimum absolute atomic E-state index is 0.130. The van der Waals surface area contributed by atoms with E-state index < -0.39 is 0 Å². The van der Waals surface area contributed by atoms with Gasteiger partial charge in [-0.25, -0.2) is 0 Å². The Bertz CT molecular complexity index is 499. The topological polar surface area (TPSA) is 75.4 Å². The van der Waals surface area contributed by atoms with Crippen LogP contribution in [-0.2, 0) is 6.54 Å². The van der Waals surface area contributed by atoms with Gasteiger partial charge in [0.1, 0.15) is 0 Å². The first-order valence-corrected chi connectivity index (χ1v) is 6.48. The van der Waals surface area contributed by atoms with Crippen LogP contribution in [0.5, 0.6) is 0 Å². The summed E-state index contributed by atoms with van der Waals surface area (Å²) in [7, 11) is 0. The molecule has 0 spiro atoms. The van der Waals surface area contributed by atoms with Gasteiger partial charge in [0.25, 0.3) is 5.69 Å². The van der Waals surface area contributed by atoms with E-state index in [1.165, 1.54) is 6.07 Å². The molecule has 104 valence electrons. The molecule has 19 heavy (non-hydrogen) atoms. The quantitative estimate of drug-likeness (QED) is 0.645. The second kappa shape index (κ2) is 4.90. The van der Waals surface area contributed by atoms with Crippen molar-refractivity contribution in [3.8, 4) is 0 Å². The van der Waals surface area contributed by atoms with Gasteiger partial charge in [0.15, 0.2) is 0 Å². The van der Waals surface area contributed by atoms with Gasteiger partial charge in [-0.1, -0.05) is 26.0 Å². The van der Waals surface area contributed by atoms with E-state index in [0.717, 1.165) is 12.0 Å². The molecule has 0 heterocycles. The minimum Gasteiger partial charge on any atom is -0.392 e. The first-order chi connectivity index (χ1) is 8.84. The van der Waals surface area contributed by atoms with Crippen LogP contribution < -0.4 is 5.32 Å². The molecule has 1 fully saturated rings. The van der Waals surface area contributed by atoms with Crippen molar-refractivity contribution < 1.29 is 10.0 Å². The predicted octanol–water partition coefficient (Wildman–Crippen LogP) is 2.15. The van der Waals surface area contributed by atoms with Gasteiger partial charge in [0, 0.05) is 29.6 Å². The fraction of sp³-hybridized carbons (Fsp3) is 0.571. The van der Waals surface area contributed by atoms with E-state index in [2.05, 4.69) is 5.32 Å². The number of aliphatic hydroxyl groups excluding tert-OH is 1. The molecule has 0 radical (unpaired) electrons. The van der Waals surface area contributed by atoms with Gasteiger partial charge in [0.2, 0.25) is 0 Å². The van der Waals surface area contributed by atoms with Gasteiger partial charge in [-0.3, -0.25) is 10.1 Å². The van der Waals surface area contributed by atoms with Gasteiger partial charge in [0.05, 0.1) is 11.0 Å². The normalized spacial score (nSPS) is 24.8. The van der Waals surface area contributed by atoms with E-state index in [-0.39, 0.29) is 28.2 Å². The second-order valence-corrected chi connectivity index (χ2v) is 5.82. The SMILES string of the molecule is Cc1c(CNC2CC(O)C2(C)C)cccc1[N+](=O)[O-]. The highest BCUT2D eigenvalue weighted by molar-refractivity contribution is 5.44. The number of hydrogen-bond acceptors (Lipinski definition) is 4. The third kappa shape index (κ3) is 2.48. The Balaban J connectivity index is 2.05. The number of aliphatic hydroxyl groups is 1. The van der Waals surface area contributed by atoms with E-state index in [0.29, 0.717) is 12.1 Å². The molecule has 1 aliphatic rings. The van der Waals surface area contributed by atoms with Crippen molar-refractivity contribution in [2.75, 3.05) is 0 Å². The highest BCUT2D eigenvalue weighted by atomic mass is 16.6. The third-order valence-corrected chi connectivity index (χ3v) is 4.37. The maximum absolute atomic E-state index is 10.9. The van der Waals surface area contributed by atoms with Crippen molar-refractivity contribution >= 4 is 5.69 Å². The fourth-order valence-corrected chi connectivity index (χ4v) is 2.54. The Morgan fingerprint density at radius 3 is 2.74 bits per heavy atom. The lowest BCUT2D eigenvalue weighted by atomic mass is 9.64. The summed E-state index contributed by atoms with van der Waals surface area (Å²) in [5.41, 5.74) is 1.67. The van der Waals surface area contributed by atoms with Crippen molar-refractivity contribution in [3.05, 3.63) is 39.4 Å². The maximum Gasteiger partial charge on any atom is 0.272 e. The zero-order valence-electron chi connectivity index (χ0n) is 11.5. The maximum atomic E-state index is 10.9. The molecule has 1 aromatic rings. The molecule has 0 bridgehead atoms. The number of rotatable bonds is 4. The molecule has 0 saturated heterocycles. The van der Waals surface area contributed by atoms with E-state index in [4.69, 9.17) is 0 Å². The van der Waals surface area contributed by atoms with E-state index in [9.17, 15) is 15.2 Å². The van der Waals surface area contributed by atoms with Crippen molar-refractivity contribution in [1.29, 1.82) is 0 Å². The van der Waals surface area contributed by atoms with Crippen LogP contribution in [0.3, 0.4) is 0 Å². The molecule has 0 amide bonds. The monoisotopic (exact) mass is 264 g/mol. The Morgan fingerprint density at radius 1 is 1.53 bits per heavy atom. The second-order valence-electron chi connectivity index (χ2n) is 5.82. The number of nitro benzene ring substituents is 1. The lowest BCUT2D eigenvalue weighted by Crippen LogP contribution is -2.59. The van der Waals surface area contributed by atoms with Crippen LogP contribution in [0.2, 0.25) is 0 Å². The van der Waals surface area contributed by atoms with Gasteiger partial charge >= 0.3 is 0 Å². The van der Waals surface area contributed by atoms with E-state index >= 15 is 0 Å². The van der Waals surface area contributed by atoms with Gasteiger partial charge in [-0.2, -0.15) is 0 Å². The Labute approximate surface area is 112 Å². The molecule has 1 aliphatic carbocycles. The smallest absolute Gasteiger partial charge is 0.272 e. The van der Waals surface area contributed by atoms with E-state index in [1.54, 1.807) is 13.0 Å². The number of nitrogens with one attached hydrogen (secondary N) is 1. The van der Waals surface area contributed by atoms with Crippen LogP contribution in [0.4, 0.5) is 5.69 Å². The summed E-state index contributed by atoms with van der Waals surface area (Å²) in [6.45, 7) is 6.42. The molecule has 2 rings (SSSR count). The molecule has 0 aliphatic heterocycles. The lowest BCUT2D eigenvalue weighted by molar-refractivity contribution is -0.385. The fourth-order valence-electron chi connectivity index (χ4n) is 2.54. The highest BCUT2D eigenvalue weighted by Crippen LogP contribution is 2.40. The number of benzene rings is 1. The Kier molecular flexibility index (Phi) is 3.60. The van der Waals surface area contributed by atoms with Crippen molar-refractivity contribution in [3.63, 3.8) is 0 Å². The predicted molar refractivity (Wildman–Crippen MR) is 72.9 cm³/mol. The van der Waals surface area contributed by atoms with Gasteiger partial charge in [-0.15, -0.1) is 0 Å². The summed E-state index contributed by atoms with van der Waals surface area (Å²) in [4.78, 5) is 10.5. The van der Waals surface area contributed by atoms with Crippen LogP contribution in [-0.4, -0.2) is 22.2 Å². The largest absolute Gasteiger partial charge is 0.392 e. The number of nitro groups is 1. The lowest BCUT2D eigenvalue weighted by Gasteiger charge is -2.49. The zero-order valence-corrected chi connectivity index (χ0v) is 11.5. The molecule has 1 aromatic carbocycles. The minimum atomic E-state index is -0.351. The molecular formula is C14H20N2O3. The zero-order chi connectivity index (χ0) is 14.2. The van der Waals surface area contributed by atoms with Gasteiger partial charge < -0.3 is 10.4 Å². The number of nitrogens with zero attached hydrogens (tertiary/aromatic N) is 1. The molecule has 2 unspecified atom stereocenters. The van der Waals surface area contributed by atoms with Crippen LogP contribution in [0.15, 0.2) is 18.2 Å². The van der Waals surface area contributed by atoms with E-state index in [1.807, 2.05) is 19.9 Å². The molecule has 2 atom stereocenters.